The molecule has 10 heteroatoms. The number of ether oxygens (including phenoxy) is 1. The van der Waals surface area contributed by atoms with Crippen molar-refractivity contribution in [1.29, 1.82) is 0 Å². The average Bonchev–Trinajstić information content (AvgIpc) is 3.17. The topological polar surface area (TPSA) is 122 Å². The van der Waals surface area contributed by atoms with Crippen LogP contribution in [0.25, 0.3) is 6.08 Å². The quantitative estimate of drug-likeness (QED) is 0.0766. The standard InChI is InChI=1S/C42H34N4O6/c47-40-38(23-27-13-17-33(18-14-27)52-26-28-11-15-31(16-12-28)46(50)51)41(48)45(42(49)43-40)32-24-36-34(29-7-3-1-4-8-29)19-21-44-22-20-35(37(25-32)39(36)44)30-9-5-2-6-10-30/h1-18,23-25,34-35H,19-22,26H2,(H,43,47,49)/b38-23+/t34-,35-/m1/s1. The zero-order chi connectivity index (χ0) is 35.8. The minimum absolute atomic E-state index is 0.00309. The van der Waals surface area contributed by atoms with Crippen LogP contribution in [0.2, 0.25) is 0 Å². The number of carbonyl (C=O) groups excluding carboxylic acids is 3. The van der Waals surface area contributed by atoms with Gasteiger partial charge in [-0.15, -0.1) is 0 Å². The molecule has 8 rings (SSSR count). The zero-order valence-corrected chi connectivity index (χ0v) is 28.1. The molecule has 0 aromatic heterocycles. The third-order valence-corrected chi connectivity index (χ3v) is 10.1. The maximum absolute atomic E-state index is 14.2. The van der Waals surface area contributed by atoms with E-state index >= 15 is 0 Å². The predicted octanol–water partition coefficient (Wildman–Crippen LogP) is 7.72. The van der Waals surface area contributed by atoms with Gasteiger partial charge in [-0.3, -0.25) is 25.0 Å². The van der Waals surface area contributed by atoms with Crippen LogP contribution in [0.15, 0.2) is 127 Å². The van der Waals surface area contributed by atoms with Gasteiger partial charge in [-0.25, -0.2) is 9.69 Å². The second-order valence-electron chi connectivity index (χ2n) is 13.2. The van der Waals surface area contributed by atoms with E-state index in [1.54, 1.807) is 36.4 Å². The van der Waals surface area contributed by atoms with Crippen molar-refractivity contribution in [3.63, 3.8) is 0 Å². The number of barbiturate groups is 1. The van der Waals surface area contributed by atoms with E-state index in [0.717, 1.165) is 53.2 Å². The molecule has 3 heterocycles. The number of nitrogens with zero attached hydrogens (tertiary/aromatic N) is 3. The zero-order valence-electron chi connectivity index (χ0n) is 28.1. The molecule has 1 saturated heterocycles. The molecule has 0 aliphatic carbocycles. The number of nitrogens with one attached hydrogen (secondary N) is 1. The molecule has 3 aliphatic rings. The van der Waals surface area contributed by atoms with Gasteiger partial charge in [-0.1, -0.05) is 72.8 Å². The van der Waals surface area contributed by atoms with Gasteiger partial charge in [0.15, 0.2) is 0 Å². The highest BCUT2D eigenvalue weighted by molar-refractivity contribution is 6.39. The fourth-order valence-electron chi connectivity index (χ4n) is 7.57. The van der Waals surface area contributed by atoms with Crippen LogP contribution in [0.3, 0.4) is 0 Å². The first kappa shape index (κ1) is 32.6. The maximum atomic E-state index is 14.2. The molecule has 10 nitrogen and oxygen atoms in total. The van der Waals surface area contributed by atoms with Gasteiger partial charge < -0.3 is 9.64 Å². The second-order valence-corrected chi connectivity index (χ2v) is 13.2. The molecule has 1 N–H and O–H groups in total. The van der Waals surface area contributed by atoms with E-state index in [-0.39, 0.29) is 29.7 Å². The van der Waals surface area contributed by atoms with Crippen molar-refractivity contribution in [3.8, 4) is 5.75 Å². The van der Waals surface area contributed by atoms with E-state index in [2.05, 4.69) is 34.5 Å². The summed E-state index contributed by atoms with van der Waals surface area (Å²) < 4.78 is 5.84. The Bertz CT molecular complexity index is 2150. The first-order valence-electron chi connectivity index (χ1n) is 17.2. The van der Waals surface area contributed by atoms with Crippen molar-refractivity contribution >= 4 is 41.0 Å². The highest BCUT2D eigenvalue weighted by atomic mass is 16.6. The number of non-ortho nitro benzene ring substituents is 1. The maximum Gasteiger partial charge on any atom is 0.335 e. The summed E-state index contributed by atoms with van der Waals surface area (Å²) in [5, 5.41) is 13.3. The van der Waals surface area contributed by atoms with Crippen molar-refractivity contribution in [2.45, 2.75) is 31.3 Å². The number of benzene rings is 5. The number of amides is 4. The number of anilines is 2. The number of carbonyl (C=O) groups is 3. The Morgan fingerprint density at radius 1 is 0.769 bits per heavy atom. The van der Waals surface area contributed by atoms with Crippen LogP contribution in [-0.4, -0.2) is 35.9 Å². The van der Waals surface area contributed by atoms with Crippen molar-refractivity contribution in [2.75, 3.05) is 22.9 Å². The van der Waals surface area contributed by atoms with Crippen molar-refractivity contribution in [1.82, 2.24) is 5.32 Å². The molecule has 0 radical (unpaired) electrons. The largest absolute Gasteiger partial charge is 0.489 e. The van der Waals surface area contributed by atoms with Crippen molar-refractivity contribution in [2.24, 2.45) is 0 Å². The molecule has 4 amide bonds. The van der Waals surface area contributed by atoms with Crippen LogP contribution < -0.4 is 19.9 Å². The summed E-state index contributed by atoms with van der Waals surface area (Å²) >= 11 is 0. The van der Waals surface area contributed by atoms with Crippen LogP contribution in [0, 0.1) is 10.1 Å². The summed E-state index contributed by atoms with van der Waals surface area (Å²) in [7, 11) is 0. The molecule has 0 bridgehead atoms. The first-order chi connectivity index (χ1) is 25.3. The summed E-state index contributed by atoms with van der Waals surface area (Å²) in [6.45, 7) is 2.02. The lowest BCUT2D eigenvalue weighted by Crippen LogP contribution is -2.54. The van der Waals surface area contributed by atoms with Crippen LogP contribution in [0.1, 0.15) is 58.1 Å². The molecule has 1 fully saturated rings. The Morgan fingerprint density at radius 3 is 1.90 bits per heavy atom. The van der Waals surface area contributed by atoms with Gasteiger partial charge in [0.2, 0.25) is 0 Å². The average molecular weight is 691 g/mol. The van der Waals surface area contributed by atoms with Gasteiger partial charge in [-0.2, -0.15) is 0 Å². The van der Waals surface area contributed by atoms with Crippen LogP contribution in [-0.2, 0) is 16.2 Å². The number of nitro benzene ring substituents is 1. The molecule has 0 unspecified atom stereocenters. The number of nitro groups is 1. The van der Waals surface area contributed by atoms with Gasteiger partial charge in [0.05, 0.1) is 10.6 Å². The third-order valence-electron chi connectivity index (χ3n) is 10.1. The number of imide groups is 2. The molecule has 5 aromatic carbocycles. The van der Waals surface area contributed by atoms with E-state index in [1.807, 2.05) is 48.5 Å². The lowest BCUT2D eigenvalue weighted by Gasteiger charge is -2.44. The van der Waals surface area contributed by atoms with Crippen LogP contribution in [0.4, 0.5) is 21.9 Å². The number of urea groups is 1. The SMILES string of the molecule is O=C1NC(=O)N(c2cc3c4c(c2)[C@@H](c2ccccc2)CCN4CC[C@@H]3c2ccccc2)C(=O)/C1=C/c1ccc(OCc2ccc([N+](=O)[O-])cc2)cc1. The van der Waals surface area contributed by atoms with Crippen LogP contribution in [0.5, 0.6) is 5.75 Å². The molecule has 5 aromatic rings. The smallest absolute Gasteiger partial charge is 0.335 e. The molecule has 0 spiro atoms. The Labute approximate surface area is 300 Å². The first-order valence-corrected chi connectivity index (χ1v) is 17.2. The van der Waals surface area contributed by atoms with Gasteiger partial charge >= 0.3 is 6.03 Å². The minimum atomic E-state index is -0.787. The Hall–Kier alpha value is -6.55. The molecular formula is C42H34N4O6. The summed E-state index contributed by atoms with van der Waals surface area (Å²) in [6, 6.07) is 36.7. The van der Waals surface area contributed by atoms with Gasteiger partial charge in [0, 0.05) is 42.7 Å². The van der Waals surface area contributed by atoms with E-state index in [0.29, 0.717) is 17.0 Å². The molecular weight excluding hydrogens is 656 g/mol. The Morgan fingerprint density at radius 2 is 1.35 bits per heavy atom. The molecule has 2 atom stereocenters. The third kappa shape index (κ3) is 6.19. The van der Waals surface area contributed by atoms with E-state index in [1.165, 1.54) is 29.3 Å². The van der Waals surface area contributed by atoms with Crippen molar-refractivity contribution < 1.29 is 24.0 Å². The second kappa shape index (κ2) is 13.6. The van der Waals surface area contributed by atoms with E-state index in [9.17, 15) is 24.5 Å². The van der Waals surface area contributed by atoms with E-state index in [4.69, 9.17) is 4.74 Å². The highest BCUT2D eigenvalue weighted by Crippen LogP contribution is 2.50. The number of hydrogen-bond donors (Lipinski definition) is 1. The summed E-state index contributed by atoms with van der Waals surface area (Å²) in [5.41, 5.74) is 7.25. The van der Waals surface area contributed by atoms with Gasteiger partial charge in [0.1, 0.15) is 17.9 Å². The monoisotopic (exact) mass is 690 g/mol. The van der Waals surface area contributed by atoms with Gasteiger partial charge in [-0.05, 0) is 88.7 Å². The van der Waals surface area contributed by atoms with E-state index < -0.39 is 22.8 Å². The summed E-state index contributed by atoms with van der Waals surface area (Å²) in [5.74, 6) is -0.785. The van der Waals surface area contributed by atoms with Gasteiger partial charge in [0.25, 0.3) is 17.5 Å². The lowest BCUT2D eigenvalue weighted by molar-refractivity contribution is -0.384. The number of hydrogen-bond acceptors (Lipinski definition) is 7. The lowest BCUT2D eigenvalue weighted by atomic mass is 9.76. The minimum Gasteiger partial charge on any atom is -0.489 e. The fourth-order valence-corrected chi connectivity index (χ4v) is 7.57. The fraction of sp³-hybridized carbons (Fsp3) is 0.167. The molecule has 3 aliphatic heterocycles. The summed E-state index contributed by atoms with van der Waals surface area (Å²) in [4.78, 5) is 54.9. The predicted molar refractivity (Wildman–Crippen MR) is 197 cm³/mol. The molecule has 52 heavy (non-hydrogen) atoms. The normalized spacial score (nSPS) is 18.9. The van der Waals surface area contributed by atoms with Crippen molar-refractivity contribution in [3.05, 3.63) is 170 Å². The number of rotatable bonds is 8. The molecule has 258 valence electrons. The Kier molecular flexibility index (Phi) is 8.56. The highest BCUT2D eigenvalue weighted by Gasteiger charge is 2.40. The molecule has 0 saturated carbocycles. The summed E-state index contributed by atoms with van der Waals surface area (Å²) in [6.07, 6.45) is 3.27. The van der Waals surface area contributed by atoms with Crippen LogP contribution >= 0.6 is 0 Å². The Balaban J connectivity index is 1.12.